The number of aromatic nitrogens is 2. The van der Waals surface area contributed by atoms with Crippen molar-refractivity contribution in [2.24, 2.45) is 0 Å². The second-order valence-electron chi connectivity index (χ2n) is 5.01. The van der Waals surface area contributed by atoms with Gasteiger partial charge < -0.3 is 14.2 Å². The van der Waals surface area contributed by atoms with Crippen LogP contribution in [0.15, 0.2) is 34.2 Å². The van der Waals surface area contributed by atoms with Crippen molar-refractivity contribution in [3.63, 3.8) is 0 Å². The molecule has 0 aliphatic carbocycles. The van der Waals surface area contributed by atoms with Gasteiger partial charge in [-0.1, -0.05) is 6.58 Å². The van der Waals surface area contributed by atoms with Gasteiger partial charge in [0.1, 0.15) is 11.9 Å². The molecule has 0 radical (unpaired) electrons. The molecule has 3 atom stereocenters. The van der Waals surface area contributed by atoms with Gasteiger partial charge in [0.05, 0.1) is 0 Å². The van der Waals surface area contributed by atoms with Crippen LogP contribution in [0, 0.1) is 0 Å². The molecule has 2 saturated heterocycles. The lowest BCUT2D eigenvalue weighted by Gasteiger charge is -2.23. The van der Waals surface area contributed by atoms with Crippen molar-refractivity contribution >= 4 is 0 Å². The van der Waals surface area contributed by atoms with Crippen LogP contribution in [0.1, 0.15) is 20.1 Å². The van der Waals surface area contributed by atoms with Gasteiger partial charge in [0.2, 0.25) is 6.23 Å². The van der Waals surface area contributed by atoms with E-state index in [9.17, 15) is 9.59 Å². The standard InChI is InChI=1S/C12H14N2O5/c1-6-8-9(19-12(2,3)18-8)10(17-6)14-5-4-7(15)13-11(14)16/h4-5,8-10H,1H2,2-3H3,(H,13,15,16)/t8-,9-,10-/m1/s1. The quantitative estimate of drug-likeness (QED) is 0.779. The monoisotopic (exact) mass is 266 g/mol. The molecule has 7 heteroatoms. The van der Waals surface area contributed by atoms with Crippen molar-refractivity contribution in [3.8, 4) is 0 Å². The number of nitrogens with one attached hydrogen (secondary N) is 1. The largest absolute Gasteiger partial charge is 0.469 e. The summed E-state index contributed by atoms with van der Waals surface area (Å²) in [6, 6.07) is 1.25. The fourth-order valence-electron chi connectivity index (χ4n) is 2.38. The lowest BCUT2D eigenvalue weighted by atomic mass is 10.2. The highest BCUT2D eigenvalue weighted by Crippen LogP contribution is 2.43. The van der Waals surface area contributed by atoms with Crippen LogP contribution in [-0.2, 0) is 14.2 Å². The second kappa shape index (κ2) is 3.82. The molecular weight excluding hydrogens is 252 g/mol. The Morgan fingerprint density at radius 2 is 2.11 bits per heavy atom. The molecule has 0 unspecified atom stereocenters. The van der Waals surface area contributed by atoms with Crippen LogP contribution in [0.2, 0.25) is 0 Å². The van der Waals surface area contributed by atoms with Gasteiger partial charge in [0.25, 0.3) is 5.56 Å². The first-order valence-electron chi connectivity index (χ1n) is 5.90. The molecular formula is C12H14N2O5. The predicted molar refractivity (Wildman–Crippen MR) is 64.4 cm³/mol. The molecule has 0 bridgehead atoms. The Labute approximate surface area is 108 Å². The SMILES string of the molecule is C=C1O[C@@H](n2ccc(=O)[nH]c2=O)[C@@H]2OC(C)(C)O[C@H]12. The van der Waals surface area contributed by atoms with Gasteiger partial charge >= 0.3 is 5.69 Å². The van der Waals surface area contributed by atoms with Gasteiger partial charge in [-0.25, -0.2) is 4.79 Å². The molecule has 2 aliphatic rings. The van der Waals surface area contributed by atoms with Crippen molar-refractivity contribution < 1.29 is 14.2 Å². The van der Waals surface area contributed by atoms with Gasteiger partial charge in [0.15, 0.2) is 11.9 Å². The Morgan fingerprint density at radius 1 is 1.37 bits per heavy atom. The molecule has 0 saturated carbocycles. The van der Waals surface area contributed by atoms with E-state index in [0.29, 0.717) is 5.76 Å². The van der Waals surface area contributed by atoms with Gasteiger partial charge in [-0.3, -0.25) is 14.3 Å². The molecule has 19 heavy (non-hydrogen) atoms. The van der Waals surface area contributed by atoms with E-state index in [1.54, 1.807) is 13.8 Å². The molecule has 2 aliphatic heterocycles. The summed E-state index contributed by atoms with van der Waals surface area (Å²) in [6.07, 6.45) is -0.204. The fourth-order valence-corrected chi connectivity index (χ4v) is 2.38. The van der Waals surface area contributed by atoms with Crippen LogP contribution in [0.25, 0.3) is 0 Å². The van der Waals surface area contributed by atoms with E-state index in [4.69, 9.17) is 14.2 Å². The number of rotatable bonds is 1. The summed E-state index contributed by atoms with van der Waals surface area (Å²) in [7, 11) is 0. The Kier molecular flexibility index (Phi) is 2.45. The van der Waals surface area contributed by atoms with Gasteiger partial charge in [-0.2, -0.15) is 0 Å². The minimum Gasteiger partial charge on any atom is -0.469 e. The Hall–Kier alpha value is -1.86. The maximum Gasteiger partial charge on any atom is 0.331 e. The van der Waals surface area contributed by atoms with Crippen molar-refractivity contribution in [2.75, 3.05) is 0 Å². The van der Waals surface area contributed by atoms with Crippen LogP contribution in [0.4, 0.5) is 0 Å². The number of ether oxygens (including phenoxy) is 3. The zero-order valence-electron chi connectivity index (χ0n) is 10.6. The van der Waals surface area contributed by atoms with Crippen LogP contribution < -0.4 is 11.2 Å². The zero-order valence-corrected chi connectivity index (χ0v) is 10.6. The molecule has 1 aromatic heterocycles. The summed E-state index contributed by atoms with van der Waals surface area (Å²) in [6.45, 7) is 7.34. The number of nitrogens with zero attached hydrogens (tertiary/aromatic N) is 1. The third kappa shape index (κ3) is 1.91. The summed E-state index contributed by atoms with van der Waals surface area (Å²) in [5.41, 5.74) is -1.02. The van der Waals surface area contributed by atoms with E-state index in [0.717, 1.165) is 0 Å². The second-order valence-corrected chi connectivity index (χ2v) is 5.01. The van der Waals surface area contributed by atoms with Crippen LogP contribution >= 0.6 is 0 Å². The Bertz CT molecular complexity index is 644. The summed E-state index contributed by atoms with van der Waals surface area (Å²) >= 11 is 0. The predicted octanol–water partition coefficient (Wildman–Crippen LogP) is 0.0992. The van der Waals surface area contributed by atoms with Crippen molar-refractivity contribution in [2.45, 2.75) is 38.1 Å². The number of hydrogen-bond donors (Lipinski definition) is 1. The first kappa shape index (κ1) is 12.2. The number of H-pyrrole nitrogens is 1. The molecule has 1 N–H and O–H groups in total. The summed E-state index contributed by atoms with van der Waals surface area (Å²) in [4.78, 5) is 25.0. The van der Waals surface area contributed by atoms with Gasteiger partial charge in [-0.15, -0.1) is 0 Å². The fraction of sp³-hybridized carbons (Fsp3) is 0.500. The maximum absolute atomic E-state index is 11.8. The average Bonchev–Trinajstić information content (AvgIpc) is 2.75. The molecule has 3 rings (SSSR count). The van der Waals surface area contributed by atoms with Crippen molar-refractivity contribution in [1.29, 1.82) is 0 Å². The van der Waals surface area contributed by atoms with E-state index < -0.39 is 35.5 Å². The van der Waals surface area contributed by atoms with E-state index in [2.05, 4.69) is 11.6 Å². The number of hydrogen-bond acceptors (Lipinski definition) is 5. The minimum absolute atomic E-state index is 0.415. The molecule has 7 nitrogen and oxygen atoms in total. The molecule has 0 spiro atoms. The minimum atomic E-state index is -0.758. The highest BCUT2D eigenvalue weighted by atomic mass is 16.8. The van der Waals surface area contributed by atoms with Crippen LogP contribution in [0.5, 0.6) is 0 Å². The highest BCUT2D eigenvalue weighted by Gasteiger charge is 2.53. The van der Waals surface area contributed by atoms with Crippen molar-refractivity contribution in [1.82, 2.24) is 9.55 Å². The van der Waals surface area contributed by atoms with E-state index >= 15 is 0 Å². The average molecular weight is 266 g/mol. The van der Waals surface area contributed by atoms with Crippen LogP contribution in [-0.4, -0.2) is 27.5 Å². The molecule has 2 fully saturated rings. The Morgan fingerprint density at radius 3 is 2.79 bits per heavy atom. The molecule has 0 amide bonds. The first-order chi connectivity index (χ1) is 8.87. The summed E-state index contributed by atoms with van der Waals surface area (Å²) in [5.74, 6) is -0.342. The highest BCUT2D eigenvalue weighted by molar-refractivity contribution is 5.10. The molecule has 0 aromatic carbocycles. The third-order valence-corrected chi connectivity index (χ3v) is 3.12. The van der Waals surface area contributed by atoms with Crippen LogP contribution in [0.3, 0.4) is 0 Å². The van der Waals surface area contributed by atoms with Gasteiger partial charge in [0, 0.05) is 12.3 Å². The molecule has 102 valence electrons. The van der Waals surface area contributed by atoms with E-state index in [1.165, 1.54) is 16.8 Å². The van der Waals surface area contributed by atoms with Crippen molar-refractivity contribution in [3.05, 3.63) is 45.4 Å². The summed E-state index contributed by atoms with van der Waals surface area (Å²) < 4.78 is 18.2. The number of aromatic amines is 1. The zero-order chi connectivity index (χ0) is 13.8. The first-order valence-corrected chi connectivity index (χ1v) is 5.90. The normalized spacial score (nSPS) is 32.1. The topological polar surface area (TPSA) is 82.6 Å². The summed E-state index contributed by atoms with van der Waals surface area (Å²) in [5, 5.41) is 0. The number of fused-ring (bicyclic) bond motifs is 1. The molecule has 3 heterocycles. The molecule has 1 aromatic rings. The lowest BCUT2D eigenvalue weighted by Crippen LogP contribution is -2.37. The maximum atomic E-state index is 11.8. The Balaban J connectivity index is 2.00. The third-order valence-electron chi connectivity index (χ3n) is 3.12. The van der Waals surface area contributed by atoms with E-state index in [1.807, 2.05) is 0 Å². The lowest BCUT2D eigenvalue weighted by molar-refractivity contribution is -0.174. The van der Waals surface area contributed by atoms with E-state index in [-0.39, 0.29) is 0 Å². The van der Waals surface area contributed by atoms with Gasteiger partial charge in [-0.05, 0) is 13.8 Å². The smallest absolute Gasteiger partial charge is 0.331 e.